The summed E-state index contributed by atoms with van der Waals surface area (Å²) in [6.45, 7) is 6.02. The van der Waals surface area contributed by atoms with E-state index in [2.05, 4.69) is 12.7 Å². The summed E-state index contributed by atoms with van der Waals surface area (Å²) in [5.74, 6) is -1.59. The highest BCUT2D eigenvalue weighted by atomic mass is 19.2. The lowest BCUT2D eigenvalue weighted by molar-refractivity contribution is 0.295. The van der Waals surface area contributed by atoms with Crippen LogP contribution in [0.15, 0.2) is 73.3 Å². The molecule has 0 spiro atoms. The molecule has 0 bridgehead atoms. The smallest absolute Gasteiger partial charge is 0.201 e. The van der Waals surface area contributed by atoms with Gasteiger partial charge < -0.3 is 4.74 Å². The highest BCUT2D eigenvalue weighted by Gasteiger charge is 2.18. The van der Waals surface area contributed by atoms with Crippen molar-refractivity contribution in [3.8, 4) is 28.0 Å². The third-order valence-electron chi connectivity index (χ3n) is 6.65. The fourth-order valence-electron chi connectivity index (χ4n) is 4.62. The minimum absolute atomic E-state index is 0.0827. The zero-order chi connectivity index (χ0) is 24.8. The molecule has 3 aromatic carbocycles. The summed E-state index contributed by atoms with van der Waals surface area (Å²) >= 11 is 0. The van der Waals surface area contributed by atoms with Crippen LogP contribution in [0.4, 0.5) is 13.2 Å². The number of benzene rings is 3. The van der Waals surface area contributed by atoms with Gasteiger partial charge in [0.15, 0.2) is 11.6 Å². The third kappa shape index (κ3) is 5.70. The van der Waals surface area contributed by atoms with E-state index >= 15 is 4.39 Å². The Morgan fingerprint density at radius 2 is 1.63 bits per heavy atom. The second kappa shape index (κ2) is 11.4. The van der Waals surface area contributed by atoms with Crippen LogP contribution in [0, 0.1) is 23.4 Å². The van der Waals surface area contributed by atoms with Crippen molar-refractivity contribution in [3.63, 3.8) is 0 Å². The molecular weight excluding hydrogens is 445 g/mol. The molecule has 182 valence electrons. The van der Waals surface area contributed by atoms with Gasteiger partial charge >= 0.3 is 0 Å². The monoisotopic (exact) mass is 476 g/mol. The molecule has 0 N–H and O–H groups in total. The Kier molecular flexibility index (Phi) is 8.12. The number of hydrogen-bond donors (Lipinski definition) is 0. The van der Waals surface area contributed by atoms with Crippen molar-refractivity contribution in [1.29, 1.82) is 0 Å². The fourth-order valence-corrected chi connectivity index (χ4v) is 4.62. The lowest BCUT2D eigenvalue weighted by Gasteiger charge is -2.22. The van der Waals surface area contributed by atoms with Crippen molar-refractivity contribution < 1.29 is 17.9 Å². The maximum absolute atomic E-state index is 15.0. The second-order valence-electron chi connectivity index (χ2n) is 9.10. The third-order valence-corrected chi connectivity index (χ3v) is 6.65. The fraction of sp³-hybridized carbons (Fsp3) is 0.290. The molecule has 0 amide bonds. The summed E-state index contributed by atoms with van der Waals surface area (Å²) in [6.07, 6.45) is 9.94. The summed E-state index contributed by atoms with van der Waals surface area (Å²) in [4.78, 5) is 0. The quantitative estimate of drug-likeness (QED) is 0.280. The van der Waals surface area contributed by atoms with Crippen LogP contribution >= 0.6 is 0 Å². The maximum Gasteiger partial charge on any atom is 0.201 e. The summed E-state index contributed by atoms with van der Waals surface area (Å²) in [6, 6.07) is 15.3. The van der Waals surface area contributed by atoms with E-state index in [4.69, 9.17) is 4.74 Å². The number of halogens is 3. The first-order valence-electron chi connectivity index (χ1n) is 12.3. The van der Waals surface area contributed by atoms with Gasteiger partial charge in [-0.05, 0) is 84.9 Å². The molecule has 0 saturated heterocycles. The van der Waals surface area contributed by atoms with Gasteiger partial charge in [0.1, 0.15) is 5.82 Å². The van der Waals surface area contributed by atoms with Crippen LogP contribution in [0.5, 0.6) is 5.75 Å². The molecule has 35 heavy (non-hydrogen) atoms. The van der Waals surface area contributed by atoms with Crippen LogP contribution in [0.1, 0.15) is 51.0 Å². The normalized spacial score (nSPS) is 15.5. The van der Waals surface area contributed by atoms with Crippen molar-refractivity contribution >= 4 is 5.57 Å². The average Bonchev–Trinajstić information content (AvgIpc) is 2.89. The van der Waals surface area contributed by atoms with E-state index in [0.717, 1.165) is 48.8 Å². The number of allylic oxidation sites excluding steroid dienone is 3. The molecule has 4 heteroatoms. The first kappa shape index (κ1) is 24.8. The highest BCUT2D eigenvalue weighted by molar-refractivity contribution is 5.74. The van der Waals surface area contributed by atoms with Gasteiger partial charge in [0.05, 0.1) is 6.61 Å². The van der Waals surface area contributed by atoms with Crippen LogP contribution < -0.4 is 4.74 Å². The molecule has 0 aliphatic heterocycles. The Bertz CT molecular complexity index is 1210. The van der Waals surface area contributed by atoms with Gasteiger partial charge in [-0.1, -0.05) is 55.5 Å². The standard InChI is InChI=1S/C31H31F3O/c1-3-5-6-21-7-9-23(10-8-21)26-16-15-25(20-28(26)32)22-11-13-24(14-12-22)27-17-18-29(35-19-4-2)31(34)30(27)33/h3,9,11-18,20-21H,1,4-8,10,19H2,2H3. The van der Waals surface area contributed by atoms with Gasteiger partial charge in [0.2, 0.25) is 5.82 Å². The SMILES string of the molecule is C=CCCC1CC=C(c2ccc(-c3ccc(-c4ccc(OCCC)c(F)c4F)cc3)cc2F)CC1. The maximum atomic E-state index is 15.0. The molecule has 1 atom stereocenters. The van der Waals surface area contributed by atoms with Crippen molar-refractivity contribution in [1.82, 2.24) is 0 Å². The van der Waals surface area contributed by atoms with E-state index in [0.29, 0.717) is 30.1 Å². The molecule has 3 aromatic rings. The molecule has 4 rings (SSSR count). The molecule has 1 aliphatic carbocycles. The number of rotatable bonds is 9. The predicted octanol–water partition coefficient (Wildman–Crippen LogP) is 9.38. The molecule has 0 heterocycles. The molecule has 0 aromatic heterocycles. The Labute approximate surface area is 206 Å². The first-order chi connectivity index (χ1) is 17.0. The van der Waals surface area contributed by atoms with Crippen molar-refractivity contribution in [2.24, 2.45) is 5.92 Å². The van der Waals surface area contributed by atoms with Gasteiger partial charge in [-0.15, -0.1) is 6.58 Å². The van der Waals surface area contributed by atoms with E-state index in [1.54, 1.807) is 30.3 Å². The zero-order valence-corrected chi connectivity index (χ0v) is 20.1. The lowest BCUT2D eigenvalue weighted by atomic mass is 9.84. The van der Waals surface area contributed by atoms with Crippen molar-refractivity contribution in [3.05, 3.63) is 96.3 Å². The topological polar surface area (TPSA) is 9.23 Å². The van der Waals surface area contributed by atoms with Crippen LogP contribution in [-0.2, 0) is 0 Å². The molecule has 0 radical (unpaired) electrons. The molecule has 0 fully saturated rings. The van der Waals surface area contributed by atoms with E-state index in [9.17, 15) is 8.78 Å². The predicted molar refractivity (Wildman–Crippen MR) is 138 cm³/mol. The Morgan fingerprint density at radius 3 is 2.29 bits per heavy atom. The highest BCUT2D eigenvalue weighted by Crippen LogP contribution is 2.36. The largest absolute Gasteiger partial charge is 0.490 e. The molecule has 0 saturated carbocycles. The Morgan fingerprint density at radius 1 is 0.914 bits per heavy atom. The van der Waals surface area contributed by atoms with Crippen LogP contribution in [0.3, 0.4) is 0 Å². The number of hydrogen-bond acceptors (Lipinski definition) is 1. The van der Waals surface area contributed by atoms with E-state index < -0.39 is 11.6 Å². The summed E-state index contributed by atoms with van der Waals surface area (Å²) in [5, 5.41) is 0. The summed E-state index contributed by atoms with van der Waals surface area (Å²) in [7, 11) is 0. The molecule has 1 aliphatic rings. The molecule has 1 unspecified atom stereocenters. The number of ether oxygens (including phenoxy) is 1. The van der Waals surface area contributed by atoms with Gasteiger partial charge in [0.25, 0.3) is 0 Å². The first-order valence-corrected chi connectivity index (χ1v) is 12.3. The zero-order valence-electron chi connectivity index (χ0n) is 20.1. The van der Waals surface area contributed by atoms with Crippen molar-refractivity contribution in [2.45, 2.75) is 45.4 Å². The van der Waals surface area contributed by atoms with E-state index in [1.807, 2.05) is 25.1 Å². The minimum Gasteiger partial charge on any atom is -0.490 e. The van der Waals surface area contributed by atoms with Gasteiger partial charge in [-0.3, -0.25) is 0 Å². The Hall–Kier alpha value is -3.27. The summed E-state index contributed by atoms with van der Waals surface area (Å²) in [5.41, 5.74) is 3.99. The molecular formula is C31H31F3O. The molecule has 1 nitrogen and oxygen atoms in total. The average molecular weight is 477 g/mol. The van der Waals surface area contributed by atoms with Gasteiger partial charge in [0, 0.05) is 11.1 Å². The van der Waals surface area contributed by atoms with Crippen LogP contribution in [0.2, 0.25) is 0 Å². The van der Waals surface area contributed by atoms with Crippen molar-refractivity contribution in [2.75, 3.05) is 6.61 Å². The summed E-state index contributed by atoms with van der Waals surface area (Å²) < 4.78 is 49.3. The van der Waals surface area contributed by atoms with E-state index in [1.165, 1.54) is 12.1 Å². The lowest BCUT2D eigenvalue weighted by Crippen LogP contribution is -2.06. The Balaban J connectivity index is 1.50. The van der Waals surface area contributed by atoms with Crippen LogP contribution in [0.25, 0.3) is 27.8 Å². The van der Waals surface area contributed by atoms with Crippen LogP contribution in [-0.4, -0.2) is 6.61 Å². The van der Waals surface area contributed by atoms with Gasteiger partial charge in [-0.2, -0.15) is 4.39 Å². The minimum atomic E-state index is -0.985. The van der Waals surface area contributed by atoms with E-state index in [-0.39, 0.29) is 17.1 Å². The van der Waals surface area contributed by atoms with Gasteiger partial charge in [-0.25, -0.2) is 8.78 Å². The second-order valence-corrected chi connectivity index (χ2v) is 9.10.